The Balaban J connectivity index is 2.75. The van der Waals surface area contributed by atoms with Crippen LogP contribution in [-0.2, 0) is 14.3 Å². The molecule has 20 heavy (non-hydrogen) atoms. The van der Waals surface area contributed by atoms with E-state index in [0.717, 1.165) is 0 Å². The molecular weight excluding hydrogens is 264 g/mol. The minimum absolute atomic E-state index is 0.0756. The number of amides is 2. The number of carboxylic acid groups (broad SMARTS) is 1. The molecule has 0 saturated carbocycles. The molecule has 1 aliphatic heterocycles. The number of hydrogen-bond acceptors (Lipinski definition) is 4. The molecule has 1 rings (SSSR count). The van der Waals surface area contributed by atoms with E-state index in [1.165, 1.54) is 16.9 Å². The standard InChI is InChI=1S/C13H22N2O5/c1-8(2)10(12(17)20-4)14(3)11(16)9-5-6-15(7-9)13(18)19/h8-10H,5-7H2,1-4H3,(H,18,19)/t9-,10-/m0/s1. The van der Waals surface area contributed by atoms with Gasteiger partial charge in [-0.15, -0.1) is 0 Å². The summed E-state index contributed by atoms with van der Waals surface area (Å²) >= 11 is 0. The molecule has 0 aliphatic carbocycles. The molecule has 114 valence electrons. The average Bonchev–Trinajstić information content (AvgIpc) is 2.86. The van der Waals surface area contributed by atoms with Gasteiger partial charge in [0.2, 0.25) is 5.91 Å². The second kappa shape index (κ2) is 6.58. The van der Waals surface area contributed by atoms with Gasteiger partial charge in [0, 0.05) is 20.1 Å². The van der Waals surface area contributed by atoms with Gasteiger partial charge in [-0.2, -0.15) is 0 Å². The Labute approximate surface area is 118 Å². The molecule has 2 atom stereocenters. The van der Waals surface area contributed by atoms with Crippen molar-refractivity contribution >= 4 is 18.0 Å². The lowest BCUT2D eigenvalue weighted by molar-refractivity contribution is -0.155. The van der Waals surface area contributed by atoms with Crippen molar-refractivity contribution in [2.24, 2.45) is 11.8 Å². The van der Waals surface area contributed by atoms with Crippen LogP contribution in [0.5, 0.6) is 0 Å². The van der Waals surface area contributed by atoms with Gasteiger partial charge >= 0.3 is 12.1 Å². The number of nitrogens with zero attached hydrogens (tertiary/aromatic N) is 2. The number of rotatable bonds is 4. The maximum Gasteiger partial charge on any atom is 0.407 e. The van der Waals surface area contributed by atoms with Crippen LogP contribution in [0.4, 0.5) is 4.79 Å². The molecular formula is C13H22N2O5. The number of likely N-dealkylation sites (N-methyl/N-ethyl adjacent to an activating group) is 1. The van der Waals surface area contributed by atoms with E-state index in [0.29, 0.717) is 13.0 Å². The predicted octanol–water partition coefficient (Wildman–Crippen LogP) is 0.642. The lowest BCUT2D eigenvalue weighted by atomic mass is 10.00. The van der Waals surface area contributed by atoms with E-state index in [1.807, 2.05) is 13.8 Å². The van der Waals surface area contributed by atoms with Gasteiger partial charge in [0.1, 0.15) is 6.04 Å². The smallest absolute Gasteiger partial charge is 0.407 e. The molecule has 2 amide bonds. The number of likely N-dealkylation sites (tertiary alicyclic amines) is 1. The van der Waals surface area contributed by atoms with Crippen molar-refractivity contribution in [2.75, 3.05) is 27.2 Å². The predicted molar refractivity (Wildman–Crippen MR) is 71.1 cm³/mol. The first-order valence-electron chi connectivity index (χ1n) is 6.62. The highest BCUT2D eigenvalue weighted by atomic mass is 16.5. The lowest BCUT2D eigenvalue weighted by Crippen LogP contribution is -2.48. The van der Waals surface area contributed by atoms with Crippen LogP contribution in [0.15, 0.2) is 0 Å². The molecule has 1 heterocycles. The van der Waals surface area contributed by atoms with Crippen molar-refractivity contribution in [1.82, 2.24) is 9.80 Å². The van der Waals surface area contributed by atoms with Gasteiger partial charge in [0.15, 0.2) is 0 Å². The quantitative estimate of drug-likeness (QED) is 0.766. The highest BCUT2D eigenvalue weighted by Gasteiger charge is 2.37. The molecule has 0 spiro atoms. The number of carbonyl (C=O) groups is 3. The molecule has 0 aromatic carbocycles. The van der Waals surface area contributed by atoms with Gasteiger partial charge in [-0.3, -0.25) is 4.79 Å². The van der Waals surface area contributed by atoms with Gasteiger partial charge in [0.25, 0.3) is 0 Å². The highest BCUT2D eigenvalue weighted by molar-refractivity contribution is 5.86. The third kappa shape index (κ3) is 3.40. The van der Waals surface area contributed by atoms with E-state index in [-0.39, 0.29) is 24.3 Å². The summed E-state index contributed by atoms with van der Waals surface area (Å²) < 4.78 is 4.73. The molecule has 0 aromatic rings. The number of methoxy groups -OCH3 is 1. The lowest BCUT2D eigenvalue weighted by Gasteiger charge is -2.30. The van der Waals surface area contributed by atoms with Crippen molar-refractivity contribution in [2.45, 2.75) is 26.3 Å². The van der Waals surface area contributed by atoms with E-state index in [2.05, 4.69) is 0 Å². The Morgan fingerprint density at radius 1 is 1.35 bits per heavy atom. The van der Waals surface area contributed by atoms with Crippen LogP contribution in [0.25, 0.3) is 0 Å². The SMILES string of the molecule is COC(=O)[C@H](C(C)C)N(C)C(=O)[C@H]1CCN(C(=O)O)C1. The minimum atomic E-state index is -1.02. The number of carbonyl (C=O) groups excluding carboxylic acids is 2. The van der Waals surface area contributed by atoms with E-state index in [1.54, 1.807) is 7.05 Å². The minimum Gasteiger partial charge on any atom is -0.467 e. The van der Waals surface area contributed by atoms with E-state index in [9.17, 15) is 14.4 Å². The fourth-order valence-electron chi connectivity index (χ4n) is 2.56. The van der Waals surface area contributed by atoms with Crippen molar-refractivity contribution in [1.29, 1.82) is 0 Å². The number of hydrogen-bond donors (Lipinski definition) is 1. The molecule has 1 saturated heterocycles. The van der Waals surface area contributed by atoms with Crippen LogP contribution in [0.3, 0.4) is 0 Å². The van der Waals surface area contributed by atoms with Crippen molar-refractivity contribution in [3.63, 3.8) is 0 Å². The highest BCUT2D eigenvalue weighted by Crippen LogP contribution is 2.21. The Hall–Kier alpha value is -1.79. The summed E-state index contributed by atoms with van der Waals surface area (Å²) in [5.74, 6) is -1.13. The molecule has 0 bridgehead atoms. The van der Waals surface area contributed by atoms with Gasteiger partial charge in [0.05, 0.1) is 13.0 Å². The van der Waals surface area contributed by atoms with Crippen molar-refractivity contribution < 1.29 is 24.2 Å². The van der Waals surface area contributed by atoms with Crippen molar-refractivity contribution in [3.05, 3.63) is 0 Å². The maximum atomic E-state index is 12.4. The zero-order chi connectivity index (χ0) is 15.4. The fraction of sp³-hybridized carbons (Fsp3) is 0.769. The zero-order valence-corrected chi connectivity index (χ0v) is 12.3. The normalized spacial score (nSPS) is 19.9. The molecule has 1 fully saturated rings. The van der Waals surface area contributed by atoms with Crippen LogP contribution in [0.2, 0.25) is 0 Å². The van der Waals surface area contributed by atoms with E-state index < -0.39 is 18.1 Å². The Morgan fingerprint density at radius 3 is 2.35 bits per heavy atom. The third-order valence-electron chi connectivity index (χ3n) is 3.65. The van der Waals surface area contributed by atoms with Gasteiger partial charge in [-0.05, 0) is 12.3 Å². The largest absolute Gasteiger partial charge is 0.467 e. The summed E-state index contributed by atoms with van der Waals surface area (Å²) in [7, 11) is 2.85. The monoisotopic (exact) mass is 286 g/mol. The molecule has 1 N–H and O–H groups in total. The number of esters is 1. The third-order valence-corrected chi connectivity index (χ3v) is 3.65. The second-order valence-corrected chi connectivity index (χ2v) is 5.38. The summed E-state index contributed by atoms with van der Waals surface area (Å²) in [5, 5.41) is 8.90. The Bertz CT molecular complexity index is 396. The maximum absolute atomic E-state index is 12.4. The average molecular weight is 286 g/mol. The first kappa shape index (κ1) is 16.3. The second-order valence-electron chi connectivity index (χ2n) is 5.38. The summed E-state index contributed by atoms with van der Waals surface area (Å²) in [5.41, 5.74) is 0. The molecule has 0 unspecified atom stereocenters. The Morgan fingerprint density at radius 2 is 1.95 bits per heavy atom. The van der Waals surface area contributed by atoms with Crippen molar-refractivity contribution in [3.8, 4) is 0 Å². The van der Waals surface area contributed by atoms with Crippen LogP contribution >= 0.6 is 0 Å². The molecule has 0 aromatic heterocycles. The van der Waals surface area contributed by atoms with Crippen LogP contribution in [0, 0.1) is 11.8 Å². The van der Waals surface area contributed by atoms with Crippen LogP contribution in [0.1, 0.15) is 20.3 Å². The van der Waals surface area contributed by atoms with Crippen LogP contribution < -0.4 is 0 Å². The molecule has 7 nitrogen and oxygen atoms in total. The van der Waals surface area contributed by atoms with Gasteiger partial charge < -0.3 is 19.6 Å². The number of ether oxygens (including phenoxy) is 1. The van der Waals surface area contributed by atoms with E-state index >= 15 is 0 Å². The topological polar surface area (TPSA) is 87.2 Å². The van der Waals surface area contributed by atoms with Gasteiger partial charge in [-0.25, -0.2) is 9.59 Å². The molecule has 1 aliphatic rings. The zero-order valence-electron chi connectivity index (χ0n) is 12.3. The first-order valence-corrected chi connectivity index (χ1v) is 6.62. The summed E-state index contributed by atoms with van der Waals surface area (Å²) in [6, 6.07) is -0.647. The molecule has 7 heteroatoms. The van der Waals surface area contributed by atoms with Crippen LogP contribution in [-0.4, -0.2) is 66.2 Å². The Kier molecular flexibility index (Phi) is 5.35. The van der Waals surface area contributed by atoms with E-state index in [4.69, 9.17) is 9.84 Å². The van der Waals surface area contributed by atoms with Gasteiger partial charge in [-0.1, -0.05) is 13.8 Å². The fourth-order valence-corrected chi connectivity index (χ4v) is 2.56. The first-order chi connectivity index (χ1) is 9.29. The summed E-state index contributed by atoms with van der Waals surface area (Å²) in [4.78, 5) is 37.6. The summed E-state index contributed by atoms with van der Waals surface area (Å²) in [6.07, 6.45) is -0.530. The summed E-state index contributed by atoms with van der Waals surface area (Å²) in [6.45, 7) is 4.21. The molecule has 0 radical (unpaired) electrons.